The molecule has 120 valence electrons. The van der Waals surface area contributed by atoms with Gasteiger partial charge in [0.1, 0.15) is 11.8 Å². The Hall–Kier alpha value is -2.71. The van der Waals surface area contributed by atoms with Crippen LogP contribution in [0.5, 0.6) is 5.75 Å². The van der Waals surface area contributed by atoms with Crippen LogP contribution in [0.2, 0.25) is 0 Å². The number of nitrogens with zero attached hydrogens (tertiary/aromatic N) is 1. The Morgan fingerprint density at radius 1 is 1.45 bits per heavy atom. The van der Waals surface area contributed by atoms with Crippen molar-refractivity contribution in [1.82, 2.24) is 5.32 Å². The first kappa shape index (κ1) is 17.3. The van der Waals surface area contributed by atoms with Crippen LogP contribution in [0.25, 0.3) is 0 Å². The summed E-state index contributed by atoms with van der Waals surface area (Å²) in [6, 6.07) is 1.77. The molecule has 0 aliphatic carbocycles. The van der Waals surface area contributed by atoms with E-state index in [4.69, 9.17) is 9.84 Å². The number of hydrogen-bond donors (Lipinski definition) is 2. The van der Waals surface area contributed by atoms with Gasteiger partial charge in [0.05, 0.1) is 4.92 Å². The van der Waals surface area contributed by atoms with Gasteiger partial charge in [-0.1, -0.05) is 13.8 Å². The van der Waals surface area contributed by atoms with Crippen LogP contribution in [0, 0.1) is 21.8 Å². The van der Waals surface area contributed by atoms with Gasteiger partial charge in [-0.25, -0.2) is 4.79 Å². The van der Waals surface area contributed by atoms with E-state index in [1.165, 1.54) is 0 Å². The number of carboxylic acids is 1. The first-order valence-corrected chi connectivity index (χ1v) is 6.31. The average Bonchev–Trinajstić information content (AvgIpc) is 2.41. The van der Waals surface area contributed by atoms with E-state index in [9.17, 15) is 24.1 Å². The molecule has 22 heavy (non-hydrogen) atoms. The van der Waals surface area contributed by atoms with Gasteiger partial charge in [-0.15, -0.1) is 0 Å². The number of halogens is 1. The first-order chi connectivity index (χ1) is 10.2. The third-order valence-corrected chi connectivity index (χ3v) is 2.73. The minimum absolute atomic E-state index is 0.0744. The van der Waals surface area contributed by atoms with Crippen molar-refractivity contribution in [3.63, 3.8) is 0 Å². The number of rotatable bonds is 7. The number of nitrogens with one attached hydrogen (secondary N) is 1. The highest BCUT2D eigenvalue weighted by atomic mass is 19.1. The highest BCUT2D eigenvalue weighted by Crippen LogP contribution is 2.22. The molecule has 8 nitrogen and oxygen atoms in total. The van der Waals surface area contributed by atoms with E-state index in [2.05, 4.69) is 5.32 Å². The van der Waals surface area contributed by atoms with Gasteiger partial charge in [-0.05, 0) is 12.0 Å². The number of nitro benzene ring substituents is 1. The van der Waals surface area contributed by atoms with Crippen LogP contribution in [0.4, 0.5) is 10.1 Å². The lowest BCUT2D eigenvalue weighted by Gasteiger charge is -2.17. The normalized spacial score (nSPS) is 11.8. The maximum absolute atomic E-state index is 13.3. The van der Waals surface area contributed by atoms with Crippen LogP contribution < -0.4 is 10.1 Å². The molecule has 0 aliphatic rings. The van der Waals surface area contributed by atoms with Crippen LogP contribution >= 0.6 is 0 Å². The van der Waals surface area contributed by atoms with Crippen molar-refractivity contribution in [2.45, 2.75) is 19.9 Å². The molecule has 0 unspecified atom stereocenters. The first-order valence-electron chi connectivity index (χ1n) is 6.31. The molecule has 0 fully saturated rings. The Balaban J connectivity index is 2.63. The molecule has 1 rings (SSSR count). The van der Waals surface area contributed by atoms with E-state index in [1.807, 2.05) is 0 Å². The van der Waals surface area contributed by atoms with Crippen molar-refractivity contribution < 1.29 is 28.7 Å². The zero-order valence-electron chi connectivity index (χ0n) is 11.9. The van der Waals surface area contributed by atoms with Gasteiger partial charge in [-0.3, -0.25) is 14.9 Å². The van der Waals surface area contributed by atoms with E-state index in [0.29, 0.717) is 0 Å². The minimum atomic E-state index is -1.18. The van der Waals surface area contributed by atoms with Crippen LogP contribution in [0.1, 0.15) is 13.8 Å². The number of nitro groups is 1. The predicted molar refractivity (Wildman–Crippen MR) is 73.0 cm³/mol. The molecule has 2 N–H and O–H groups in total. The molecular weight excluding hydrogens is 299 g/mol. The molecule has 9 heteroatoms. The average molecular weight is 314 g/mol. The summed E-state index contributed by atoms with van der Waals surface area (Å²) in [6.45, 7) is 2.73. The molecule has 0 saturated carbocycles. The van der Waals surface area contributed by atoms with Crippen LogP contribution in [0.15, 0.2) is 18.2 Å². The zero-order valence-corrected chi connectivity index (χ0v) is 11.9. The van der Waals surface area contributed by atoms with E-state index in [0.717, 1.165) is 18.2 Å². The molecule has 1 aromatic rings. The summed E-state index contributed by atoms with van der Waals surface area (Å²) < 4.78 is 18.3. The van der Waals surface area contributed by atoms with Crippen molar-refractivity contribution >= 4 is 17.6 Å². The third-order valence-electron chi connectivity index (χ3n) is 2.73. The highest BCUT2D eigenvalue weighted by Gasteiger charge is 2.23. The van der Waals surface area contributed by atoms with Gasteiger partial charge >= 0.3 is 11.7 Å². The smallest absolute Gasteiger partial charge is 0.326 e. The van der Waals surface area contributed by atoms with Crippen molar-refractivity contribution in [3.05, 3.63) is 34.1 Å². The maximum Gasteiger partial charge on any atom is 0.326 e. The minimum Gasteiger partial charge on any atom is -0.484 e. The molecule has 0 radical (unpaired) electrons. The van der Waals surface area contributed by atoms with Crippen LogP contribution in [-0.2, 0) is 9.59 Å². The van der Waals surface area contributed by atoms with Crippen molar-refractivity contribution in [3.8, 4) is 5.75 Å². The summed E-state index contributed by atoms with van der Waals surface area (Å²) in [4.78, 5) is 32.1. The molecule has 0 spiro atoms. The summed E-state index contributed by atoms with van der Waals surface area (Å²) in [5.41, 5.74) is -0.706. The molecule has 1 aromatic carbocycles. The van der Waals surface area contributed by atoms with Gasteiger partial charge in [0.2, 0.25) is 5.82 Å². The summed E-state index contributed by atoms with van der Waals surface area (Å²) in [7, 11) is 0. The topological polar surface area (TPSA) is 119 Å². The summed E-state index contributed by atoms with van der Waals surface area (Å²) >= 11 is 0. The van der Waals surface area contributed by atoms with Gasteiger partial charge in [0.25, 0.3) is 5.91 Å². The molecular formula is C13H15FN2O6. The maximum atomic E-state index is 13.3. The summed E-state index contributed by atoms with van der Waals surface area (Å²) in [5.74, 6) is -3.36. The van der Waals surface area contributed by atoms with E-state index in [1.54, 1.807) is 13.8 Å². The zero-order chi connectivity index (χ0) is 16.9. The number of carbonyl (C=O) groups is 2. The quantitative estimate of drug-likeness (QED) is 0.579. The van der Waals surface area contributed by atoms with Crippen molar-refractivity contribution in [2.75, 3.05) is 6.61 Å². The Morgan fingerprint density at radius 3 is 2.55 bits per heavy atom. The Morgan fingerprint density at radius 2 is 2.09 bits per heavy atom. The van der Waals surface area contributed by atoms with Gasteiger partial charge in [-0.2, -0.15) is 4.39 Å². The number of ether oxygens (including phenoxy) is 1. The van der Waals surface area contributed by atoms with E-state index in [-0.39, 0.29) is 11.7 Å². The number of carbonyl (C=O) groups excluding carboxylic acids is 1. The number of carboxylic acid groups (broad SMARTS) is 1. The molecule has 0 saturated heterocycles. The fourth-order valence-corrected chi connectivity index (χ4v) is 1.60. The largest absolute Gasteiger partial charge is 0.484 e. The number of aliphatic carboxylic acids is 1. The molecule has 1 atom stereocenters. The third kappa shape index (κ3) is 4.69. The Kier molecular flexibility index (Phi) is 5.79. The second-order valence-electron chi connectivity index (χ2n) is 4.79. The Labute approximate surface area is 125 Å². The predicted octanol–water partition coefficient (Wildman–Crippen LogP) is 1.34. The van der Waals surface area contributed by atoms with E-state index < -0.39 is 41.0 Å². The van der Waals surface area contributed by atoms with Crippen molar-refractivity contribution in [1.29, 1.82) is 0 Å². The highest BCUT2D eigenvalue weighted by molar-refractivity contribution is 5.84. The monoisotopic (exact) mass is 314 g/mol. The standard InChI is InChI=1S/C13H15FN2O6/c1-7(2)12(13(18)19)15-11(17)6-22-8-3-4-10(16(20)21)9(14)5-8/h3-5,7,12H,6H2,1-2H3,(H,15,17)(H,18,19)/t12-/m1/s1. The number of benzene rings is 1. The SMILES string of the molecule is CC(C)[C@@H](NC(=O)COc1ccc([N+](=O)[O-])c(F)c1)C(=O)O. The van der Waals surface area contributed by atoms with Crippen molar-refractivity contribution in [2.24, 2.45) is 5.92 Å². The molecule has 0 heterocycles. The second-order valence-corrected chi connectivity index (χ2v) is 4.79. The molecule has 0 aromatic heterocycles. The number of hydrogen-bond acceptors (Lipinski definition) is 5. The molecule has 1 amide bonds. The lowest BCUT2D eigenvalue weighted by atomic mass is 10.1. The second kappa shape index (κ2) is 7.34. The van der Waals surface area contributed by atoms with Gasteiger partial charge < -0.3 is 15.2 Å². The fourth-order valence-electron chi connectivity index (χ4n) is 1.60. The van der Waals surface area contributed by atoms with Gasteiger partial charge in [0.15, 0.2) is 6.61 Å². The van der Waals surface area contributed by atoms with Crippen LogP contribution in [0.3, 0.4) is 0 Å². The van der Waals surface area contributed by atoms with Crippen LogP contribution in [-0.4, -0.2) is 34.6 Å². The lowest BCUT2D eigenvalue weighted by molar-refractivity contribution is -0.387. The Bertz CT molecular complexity index is 590. The summed E-state index contributed by atoms with van der Waals surface area (Å²) in [6.07, 6.45) is 0. The van der Waals surface area contributed by atoms with E-state index >= 15 is 0 Å². The molecule has 0 bridgehead atoms. The lowest BCUT2D eigenvalue weighted by Crippen LogP contribution is -2.46. The van der Waals surface area contributed by atoms with Gasteiger partial charge in [0, 0.05) is 12.1 Å². The fraction of sp³-hybridized carbons (Fsp3) is 0.385. The summed E-state index contributed by atoms with van der Waals surface area (Å²) in [5, 5.41) is 21.6. The molecule has 0 aliphatic heterocycles. The number of amides is 1.